The van der Waals surface area contributed by atoms with Crippen LogP contribution >= 0.6 is 12.2 Å². The average molecular weight is 331 g/mol. The fourth-order valence-electron chi connectivity index (χ4n) is 1.90. The van der Waals surface area contributed by atoms with Crippen molar-refractivity contribution in [1.82, 2.24) is 5.32 Å². The van der Waals surface area contributed by atoms with Crippen molar-refractivity contribution in [3.8, 4) is 5.75 Å². The molecule has 8 heteroatoms. The maximum Gasteiger partial charge on any atom is 0.282 e. The third-order valence-electron chi connectivity index (χ3n) is 2.97. The highest BCUT2D eigenvalue weighted by molar-refractivity contribution is 7.80. The lowest BCUT2D eigenvalue weighted by Gasteiger charge is -2.11. The first-order valence-electron chi connectivity index (χ1n) is 6.54. The summed E-state index contributed by atoms with van der Waals surface area (Å²) >= 11 is 5.00. The minimum atomic E-state index is -0.707. The summed E-state index contributed by atoms with van der Waals surface area (Å²) < 4.78 is 0. The molecule has 118 valence electrons. The molecule has 2 aromatic rings. The van der Waals surface area contributed by atoms with Gasteiger partial charge in [0, 0.05) is 6.07 Å². The molecule has 2 aromatic carbocycles. The Morgan fingerprint density at radius 1 is 1.26 bits per heavy atom. The minimum Gasteiger partial charge on any atom is -0.506 e. The molecule has 0 unspecified atom stereocenters. The van der Waals surface area contributed by atoms with Gasteiger partial charge in [-0.15, -0.1) is 0 Å². The number of carbonyl (C=O) groups excluding carboxylic acids is 1. The number of anilines is 1. The Morgan fingerprint density at radius 3 is 2.65 bits per heavy atom. The van der Waals surface area contributed by atoms with Gasteiger partial charge in [-0.25, -0.2) is 0 Å². The van der Waals surface area contributed by atoms with Gasteiger partial charge in [0.05, 0.1) is 10.6 Å². The molecule has 3 N–H and O–H groups in total. The highest BCUT2D eigenvalue weighted by Gasteiger charge is 2.20. The van der Waals surface area contributed by atoms with Gasteiger partial charge in [-0.3, -0.25) is 20.2 Å². The number of nitrogens with one attached hydrogen (secondary N) is 2. The second-order valence-corrected chi connectivity index (χ2v) is 5.11. The molecule has 0 saturated carbocycles. The van der Waals surface area contributed by atoms with Gasteiger partial charge in [0.25, 0.3) is 11.6 Å². The molecule has 23 heavy (non-hydrogen) atoms. The molecule has 0 atom stereocenters. The smallest absolute Gasteiger partial charge is 0.282 e. The number of rotatable bonds is 3. The topological polar surface area (TPSA) is 104 Å². The normalized spacial score (nSPS) is 9.96. The molecular formula is C15H13N3O4S. The van der Waals surface area contributed by atoms with E-state index >= 15 is 0 Å². The maximum atomic E-state index is 12.1. The quantitative estimate of drug-likeness (QED) is 0.346. The van der Waals surface area contributed by atoms with Crippen LogP contribution in [0.25, 0.3) is 0 Å². The van der Waals surface area contributed by atoms with Crippen molar-refractivity contribution in [2.24, 2.45) is 0 Å². The second kappa shape index (κ2) is 6.84. The average Bonchev–Trinajstić information content (AvgIpc) is 2.50. The first-order chi connectivity index (χ1) is 10.9. The van der Waals surface area contributed by atoms with Gasteiger partial charge in [-0.1, -0.05) is 18.2 Å². The van der Waals surface area contributed by atoms with Gasteiger partial charge >= 0.3 is 0 Å². The number of nitro benzene ring substituents is 1. The van der Waals surface area contributed by atoms with Gasteiger partial charge in [-0.05, 0) is 42.9 Å². The van der Waals surface area contributed by atoms with Crippen molar-refractivity contribution in [3.05, 3.63) is 63.7 Å². The highest BCUT2D eigenvalue weighted by Crippen LogP contribution is 2.23. The maximum absolute atomic E-state index is 12.1. The van der Waals surface area contributed by atoms with Crippen LogP contribution in [-0.2, 0) is 0 Å². The van der Waals surface area contributed by atoms with E-state index in [-0.39, 0.29) is 22.1 Å². The lowest BCUT2D eigenvalue weighted by atomic mass is 10.1. The van der Waals surface area contributed by atoms with Crippen molar-refractivity contribution in [2.45, 2.75) is 6.92 Å². The lowest BCUT2D eigenvalue weighted by Crippen LogP contribution is -2.34. The summed E-state index contributed by atoms with van der Waals surface area (Å²) in [6.45, 7) is 1.83. The van der Waals surface area contributed by atoms with Crippen molar-refractivity contribution in [1.29, 1.82) is 0 Å². The summed E-state index contributed by atoms with van der Waals surface area (Å²) in [5.74, 6) is -0.736. The molecule has 0 saturated heterocycles. The van der Waals surface area contributed by atoms with Crippen LogP contribution in [0.15, 0.2) is 42.5 Å². The summed E-state index contributed by atoms with van der Waals surface area (Å²) in [7, 11) is 0. The lowest BCUT2D eigenvalue weighted by molar-refractivity contribution is -0.385. The number of thiocarbonyl (C=S) groups is 1. The monoisotopic (exact) mass is 331 g/mol. The number of benzene rings is 2. The number of carbonyl (C=O) groups is 1. The van der Waals surface area contributed by atoms with Crippen LogP contribution in [0.2, 0.25) is 0 Å². The molecule has 0 bridgehead atoms. The molecule has 0 aliphatic rings. The molecule has 0 radical (unpaired) electrons. The number of para-hydroxylation sites is 1. The third-order valence-corrected chi connectivity index (χ3v) is 3.18. The van der Waals surface area contributed by atoms with E-state index in [0.717, 1.165) is 5.56 Å². The molecule has 1 amide bonds. The summed E-state index contributed by atoms with van der Waals surface area (Å²) in [5, 5.41) is 25.6. The highest BCUT2D eigenvalue weighted by atomic mass is 32.1. The van der Waals surface area contributed by atoms with Crippen molar-refractivity contribution >= 4 is 34.6 Å². The predicted molar refractivity (Wildman–Crippen MR) is 89.6 cm³/mol. The molecule has 0 aliphatic heterocycles. The molecule has 0 aromatic heterocycles. The number of phenolic OH excluding ortho intramolecular Hbond substituents is 1. The number of aromatic hydroxyl groups is 1. The van der Waals surface area contributed by atoms with Crippen LogP contribution in [0.1, 0.15) is 15.9 Å². The Hall–Kier alpha value is -3.00. The minimum absolute atomic E-state index is 0.0297. The summed E-state index contributed by atoms with van der Waals surface area (Å²) in [4.78, 5) is 22.4. The van der Waals surface area contributed by atoms with E-state index in [0.29, 0.717) is 5.69 Å². The fourth-order valence-corrected chi connectivity index (χ4v) is 2.10. The van der Waals surface area contributed by atoms with E-state index < -0.39 is 10.8 Å². The molecule has 0 fully saturated rings. The van der Waals surface area contributed by atoms with Gasteiger partial charge in [0.1, 0.15) is 11.3 Å². The SMILES string of the molecule is Cc1ccc(O)c(NC(=S)NC(=O)c2ccccc2[N+](=O)[O-])c1. The molecule has 0 aliphatic carbocycles. The summed E-state index contributed by atoms with van der Waals surface area (Å²) in [6.07, 6.45) is 0. The Morgan fingerprint density at radius 2 is 1.96 bits per heavy atom. The molecule has 7 nitrogen and oxygen atoms in total. The molecule has 0 spiro atoms. The number of hydrogen-bond acceptors (Lipinski definition) is 5. The first kappa shape index (κ1) is 16.4. The Kier molecular flexibility index (Phi) is 4.87. The van der Waals surface area contributed by atoms with Crippen LogP contribution in [0.3, 0.4) is 0 Å². The Bertz CT molecular complexity index is 792. The van der Waals surface area contributed by atoms with Gasteiger partial charge in [-0.2, -0.15) is 0 Å². The first-order valence-corrected chi connectivity index (χ1v) is 6.94. The number of aryl methyl sites for hydroxylation is 1. The third kappa shape index (κ3) is 4.01. The van der Waals surface area contributed by atoms with Crippen LogP contribution in [0, 0.1) is 17.0 Å². The van der Waals surface area contributed by atoms with Crippen LogP contribution in [0.4, 0.5) is 11.4 Å². The van der Waals surface area contributed by atoms with Crippen LogP contribution in [0.5, 0.6) is 5.75 Å². The Balaban J connectivity index is 2.13. The van der Waals surface area contributed by atoms with Gasteiger partial charge in [0.15, 0.2) is 5.11 Å². The van der Waals surface area contributed by atoms with Crippen molar-refractivity contribution in [2.75, 3.05) is 5.32 Å². The van der Waals surface area contributed by atoms with Gasteiger partial charge in [0.2, 0.25) is 0 Å². The summed E-state index contributed by atoms with van der Waals surface area (Å²) in [5.41, 5.74) is 0.803. The van der Waals surface area contributed by atoms with E-state index in [9.17, 15) is 20.0 Å². The number of nitrogens with zero attached hydrogens (tertiary/aromatic N) is 1. The fraction of sp³-hybridized carbons (Fsp3) is 0.0667. The van der Waals surface area contributed by atoms with E-state index in [4.69, 9.17) is 12.2 Å². The van der Waals surface area contributed by atoms with Gasteiger partial charge < -0.3 is 10.4 Å². The number of nitro groups is 1. The zero-order valence-corrected chi connectivity index (χ0v) is 12.9. The number of hydrogen-bond donors (Lipinski definition) is 3. The Labute approximate surface area is 137 Å². The van der Waals surface area contributed by atoms with Crippen molar-refractivity contribution < 1.29 is 14.8 Å². The van der Waals surface area contributed by atoms with Crippen molar-refractivity contribution in [3.63, 3.8) is 0 Å². The molecule has 0 heterocycles. The summed E-state index contributed by atoms with van der Waals surface area (Å²) in [6, 6.07) is 10.4. The van der Waals surface area contributed by atoms with Crippen LogP contribution in [-0.4, -0.2) is 21.0 Å². The molecular weight excluding hydrogens is 318 g/mol. The standard InChI is InChI=1S/C15H13N3O4S/c1-9-6-7-13(19)11(8-9)16-15(23)17-14(20)10-4-2-3-5-12(10)18(21)22/h2-8,19H,1H3,(H2,16,17,20,23). The largest absolute Gasteiger partial charge is 0.506 e. The number of amides is 1. The zero-order valence-electron chi connectivity index (χ0n) is 12.1. The predicted octanol–water partition coefficient (Wildman–Crippen LogP) is 2.74. The van der Waals surface area contributed by atoms with E-state index in [2.05, 4.69) is 10.6 Å². The van der Waals surface area contributed by atoms with E-state index in [1.807, 2.05) is 6.92 Å². The van der Waals surface area contributed by atoms with E-state index in [1.165, 1.54) is 30.3 Å². The van der Waals surface area contributed by atoms with Crippen LogP contribution < -0.4 is 10.6 Å². The molecule has 2 rings (SSSR count). The number of phenols is 1. The zero-order chi connectivity index (χ0) is 17.0. The van der Waals surface area contributed by atoms with E-state index in [1.54, 1.807) is 12.1 Å². The second-order valence-electron chi connectivity index (χ2n) is 4.70.